The lowest BCUT2D eigenvalue weighted by molar-refractivity contribution is 0.145. The highest BCUT2D eigenvalue weighted by Gasteiger charge is 2.04. The lowest BCUT2D eigenvalue weighted by atomic mass is 10.2. The molecule has 0 spiro atoms. The first kappa shape index (κ1) is 15.9. The van der Waals surface area contributed by atoms with Crippen LogP contribution in [0.4, 0.5) is 0 Å². The number of aromatic nitrogens is 1. The number of nitrogens with one attached hydrogen (secondary N) is 1. The number of rotatable bonds is 8. The molecule has 0 aromatic carbocycles. The minimum absolute atomic E-state index is 0.772. The van der Waals surface area contributed by atoms with Crippen molar-refractivity contribution in [1.29, 1.82) is 0 Å². The van der Waals surface area contributed by atoms with Crippen molar-refractivity contribution in [3.8, 4) is 0 Å². The van der Waals surface area contributed by atoms with Crippen LogP contribution in [0.1, 0.15) is 19.0 Å². The normalized spacial score (nSPS) is 10.2. The van der Waals surface area contributed by atoms with Gasteiger partial charge in [0.1, 0.15) is 0 Å². The standard InChI is InChI=1S/C14H23N3OS/c1-3-18-12-6-10-16-14(19)17(2)11-8-13-7-4-5-9-15-13/h4-5,7,9H,3,6,8,10-12H2,1-2H3,(H,16,19). The molecule has 0 aliphatic heterocycles. The fourth-order valence-electron chi connectivity index (χ4n) is 1.58. The highest BCUT2D eigenvalue weighted by Crippen LogP contribution is 1.97. The van der Waals surface area contributed by atoms with E-state index in [1.54, 1.807) is 0 Å². The summed E-state index contributed by atoms with van der Waals surface area (Å²) in [7, 11) is 2.00. The van der Waals surface area contributed by atoms with Crippen molar-refractivity contribution in [2.24, 2.45) is 0 Å². The molecule has 1 aromatic rings. The van der Waals surface area contributed by atoms with Crippen LogP contribution in [-0.2, 0) is 11.2 Å². The van der Waals surface area contributed by atoms with Gasteiger partial charge in [-0.15, -0.1) is 0 Å². The number of likely N-dealkylation sites (N-methyl/N-ethyl adjacent to an activating group) is 1. The van der Waals surface area contributed by atoms with E-state index in [1.807, 2.05) is 43.3 Å². The number of ether oxygens (including phenoxy) is 1. The van der Waals surface area contributed by atoms with Gasteiger partial charge in [0.15, 0.2) is 5.11 Å². The lowest BCUT2D eigenvalue weighted by Crippen LogP contribution is -2.38. The van der Waals surface area contributed by atoms with Crippen LogP contribution in [-0.4, -0.2) is 48.3 Å². The van der Waals surface area contributed by atoms with Crippen LogP contribution in [0.2, 0.25) is 0 Å². The fourth-order valence-corrected chi connectivity index (χ4v) is 1.77. The summed E-state index contributed by atoms with van der Waals surface area (Å²) in [6.45, 7) is 5.28. The van der Waals surface area contributed by atoms with E-state index in [1.165, 1.54) is 0 Å². The minimum Gasteiger partial charge on any atom is -0.382 e. The van der Waals surface area contributed by atoms with Crippen molar-refractivity contribution < 1.29 is 4.74 Å². The number of hydrogen-bond acceptors (Lipinski definition) is 3. The van der Waals surface area contributed by atoms with E-state index in [2.05, 4.69) is 10.3 Å². The molecule has 1 rings (SSSR count). The van der Waals surface area contributed by atoms with Gasteiger partial charge in [0.05, 0.1) is 0 Å². The van der Waals surface area contributed by atoms with Crippen molar-refractivity contribution in [1.82, 2.24) is 15.2 Å². The van der Waals surface area contributed by atoms with Crippen molar-refractivity contribution in [2.75, 3.05) is 33.4 Å². The second kappa shape index (κ2) is 9.69. The molecule has 0 bridgehead atoms. The third-order valence-corrected chi connectivity index (χ3v) is 3.18. The molecular weight excluding hydrogens is 258 g/mol. The van der Waals surface area contributed by atoms with E-state index < -0.39 is 0 Å². The molecular formula is C14H23N3OS. The van der Waals surface area contributed by atoms with Gasteiger partial charge in [0, 0.05) is 51.7 Å². The zero-order valence-corrected chi connectivity index (χ0v) is 12.6. The predicted octanol–water partition coefficient (Wildman–Crippen LogP) is 1.86. The van der Waals surface area contributed by atoms with Crippen LogP contribution in [0.15, 0.2) is 24.4 Å². The van der Waals surface area contributed by atoms with Crippen molar-refractivity contribution >= 4 is 17.3 Å². The first-order valence-electron chi connectivity index (χ1n) is 6.70. The lowest BCUT2D eigenvalue weighted by Gasteiger charge is -2.20. The monoisotopic (exact) mass is 281 g/mol. The largest absolute Gasteiger partial charge is 0.382 e. The Morgan fingerprint density at radius 2 is 2.32 bits per heavy atom. The van der Waals surface area contributed by atoms with Gasteiger partial charge in [-0.2, -0.15) is 0 Å². The van der Waals surface area contributed by atoms with Gasteiger partial charge in [-0.05, 0) is 37.7 Å². The van der Waals surface area contributed by atoms with E-state index in [0.29, 0.717) is 0 Å². The van der Waals surface area contributed by atoms with Crippen LogP contribution in [0.25, 0.3) is 0 Å². The second-order valence-corrected chi connectivity index (χ2v) is 4.66. The molecule has 106 valence electrons. The number of nitrogens with zero attached hydrogens (tertiary/aromatic N) is 2. The molecule has 1 N–H and O–H groups in total. The van der Waals surface area contributed by atoms with Crippen LogP contribution < -0.4 is 5.32 Å². The maximum atomic E-state index is 5.32. The van der Waals surface area contributed by atoms with E-state index >= 15 is 0 Å². The van der Waals surface area contributed by atoms with E-state index in [9.17, 15) is 0 Å². The minimum atomic E-state index is 0.772. The van der Waals surface area contributed by atoms with Gasteiger partial charge in [-0.1, -0.05) is 6.07 Å². The van der Waals surface area contributed by atoms with Crippen LogP contribution >= 0.6 is 12.2 Å². The molecule has 19 heavy (non-hydrogen) atoms. The smallest absolute Gasteiger partial charge is 0.168 e. The van der Waals surface area contributed by atoms with Crippen LogP contribution in [0.3, 0.4) is 0 Å². The van der Waals surface area contributed by atoms with E-state index in [4.69, 9.17) is 17.0 Å². The van der Waals surface area contributed by atoms with Gasteiger partial charge in [0.25, 0.3) is 0 Å². The summed E-state index contributed by atoms with van der Waals surface area (Å²) in [5.74, 6) is 0. The molecule has 0 aliphatic rings. The average molecular weight is 281 g/mol. The Balaban J connectivity index is 2.14. The molecule has 0 amide bonds. The predicted molar refractivity (Wildman–Crippen MR) is 82.3 cm³/mol. The maximum Gasteiger partial charge on any atom is 0.168 e. The van der Waals surface area contributed by atoms with Gasteiger partial charge in [0.2, 0.25) is 0 Å². The Morgan fingerprint density at radius 1 is 1.47 bits per heavy atom. The summed E-state index contributed by atoms with van der Waals surface area (Å²) in [4.78, 5) is 6.35. The second-order valence-electron chi connectivity index (χ2n) is 4.28. The summed E-state index contributed by atoms with van der Waals surface area (Å²) in [5.41, 5.74) is 1.09. The molecule has 1 heterocycles. The van der Waals surface area contributed by atoms with Crippen molar-refractivity contribution in [3.05, 3.63) is 30.1 Å². The molecule has 5 heteroatoms. The van der Waals surface area contributed by atoms with Gasteiger partial charge < -0.3 is 15.0 Å². The Hall–Kier alpha value is -1.20. The molecule has 0 aliphatic carbocycles. The average Bonchev–Trinajstić information content (AvgIpc) is 2.45. The Morgan fingerprint density at radius 3 is 3.00 bits per heavy atom. The first-order chi connectivity index (χ1) is 9.24. The Labute approximate surface area is 121 Å². The van der Waals surface area contributed by atoms with Crippen molar-refractivity contribution in [2.45, 2.75) is 19.8 Å². The Bertz CT molecular complexity index is 359. The third kappa shape index (κ3) is 7.08. The topological polar surface area (TPSA) is 37.4 Å². The molecule has 0 unspecified atom stereocenters. The third-order valence-electron chi connectivity index (χ3n) is 2.72. The molecule has 0 saturated heterocycles. The SMILES string of the molecule is CCOCCCNC(=S)N(C)CCc1ccccn1. The first-order valence-corrected chi connectivity index (χ1v) is 7.11. The van der Waals surface area contributed by atoms with Crippen LogP contribution in [0.5, 0.6) is 0 Å². The van der Waals surface area contributed by atoms with Gasteiger partial charge in [-0.3, -0.25) is 4.98 Å². The molecule has 4 nitrogen and oxygen atoms in total. The molecule has 0 fully saturated rings. The Kier molecular flexibility index (Phi) is 8.09. The molecule has 0 saturated carbocycles. The van der Waals surface area contributed by atoms with E-state index in [-0.39, 0.29) is 0 Å². The zero-order chi connectivity index (χ0) is 13.9. The summed E-state index contributed by atoms with van der Waals surface area (Å²) in [6.07, 6.45) is 3.69. The van der Waals surface area contributed by atoms with Crippen LogP contribution in [0, 0.1) is 0 Å². The van der Waals surface area contributed by atoms with Crippen molar-refractivity contribution in [3.63, 3.8) is 0 Å². The highest BCUT2D eigenvalue weighted by molar-refractivity contribution is 7.80. The molecule has 0 radical (unpaired) electrons. The summed E-state index contributed by atoms with van der Waals surface area (Å²) in [5, 5.41) is 4.02. The maximum absolute atomic E-state index is 5.32. The van der Waals surface area contributed by atoms with E-state index in [0.717, 1.165) is 50.0 Å². The quantitative estimate of drug-likeness (QED) is 0.581. The fraction of sp³-hybridized carbons (Fsp3) is 0.571. The van der Waals surface area contributed by atoms with Gasteiger partial charge in [-0.25, -0.2) is 0 Å². The summed E-state index contributed by atoms with van der Waals surface area (Å²) < 4.78 is 5.28. The van der Waals surface area contributed by atoms with Gasteiger partial charge >= 0.3 is 0 Å². The molecule has 0 atom stereocenters. The zero-order valence-electron chi connectivity index (χ0n) is 11.8. The number of pyridine rings is 1. The number of hydrogen-bond donors (Lipinski definition) is 1. The molecule has 1 aromatic heterocycles. The summed E-state index contributed by atoms with van der Waals surface area (Å²) in [6, 6.07) is 5.97. The number of thiocarbonyl (C=S) groups is 1. The summed E-state index contributed by atoms with van der Waals surface area (Å²) >= 11 is 5.32. The highest BCUT2D eigenvalue weighted by atomic mass is 32.1.